The number of para-hydroxylation sites is 1. The number of allylic oxidation sites excluding steroid dienone is 3. The lowest BCUT2D eigenvalue weighted by molar-refractivity contribution is 1.17. The van der Waals surface area contributed by atoms with Crippen LogP contribution in [0.1, 0.15) is 12.5 Å². The first-order valence-corrected chi connectivity index (χ1v) is 14.4. The predicted octanol–water partition coefficient (Wildman–Crippen LogP) is 10.3. The van der Waals surface area contributed by atoms with Crippen LogP contribution in [0.15, 0.2) is 144 Å². The van der Waals surface area contributed by atoms with Crippen molar-refractivity contribution in [3.63, 3.8) is 0 Å². The lowest BCUT2D eigenvalue weighted by Gasteiger charge is -2.13. The van der Waals surface area contributed by atoms with Crippen LogP contribution in [0.25, 0.3) is 49.7 Å². The molecule has 1 atom stereocenters. The molecule has 5 aromatic carbocycles. The van der Waals surface area contributed by atoms with E-state index in [1.807, 2.05) is 11.8 Å². The number of thioether (sulfide) groups is 1. The van der Waals surface area contributed by atoms with Crippen LogP contribution in [0.3, 0.4) is 0 Å². The second-order valence-electron chi connectivity index (χ2n) is 10.2. The van der Waals surface area contributed by atoms with Gasteiger partial charge in [0.2, 0.25) is 0 Å². The molecule has 1 aliphatic rings. The molecule has 6 aromatic rings. The number of benzene rings is 5. The summed E-state index contributed by atoms with van der Waals surface area (Å²) in [6.07, 6.45) is 9.83. The molecule has 2 heterocycles. The Morgan fingerprint density at radius 2 is 1.31 bits per heavy atom. The molecule has 0 radical (unpaired) electrons. The van der Waals surface area contributed by atoms with E-state index in [2.05, 4.69) is 151 Å². The Bertz CT molecular complexity index is 1860. The van der Waals surface area contributed by atoms with Gasteiger partial charge in [0.1, 0.15) is 0 Å². The summed E-state index contributed by atoms with van der Waals surface area (Å²) < 4.78 is 2.39. The minimum Gasteiger partial charge on any atom is -0.309 e. The summed E-state index contributed by atoms with van der Waals surface area (Å²) >= 11 is 1.94. The van der Waals surface area contributed by atoms with Gasteiger partial charge in [-0.1, -0.05) is 103 Å². The summed E-state index contributed by atoms with van der Waals surface area (Å²) in [6, 6.07) is 42.2. The third-order valence-electron chi connectivity index (χ3n) is 7.59. The second-order valence-corrected chi connectivity index (χ2v) is 11.6. The zero-order valence-corrected chi connectivity index (χ0v) is 22.7. The highest BCUT2D eigenvalue weighted by Gasteiger charge is 2.15. The van der Waals surface area contributed by atoms with Crippen molar-refractivity contribution in [3.05, 3.63) is 145 Å². The van der Waals surface area contributed by atoms with Crippen LogP contribution in [-0.4, -0.2) is 9.82 Å². The van der Waals surface area contributed by atoms with E-state index in [0.29, 0.717) is 5.25 Å². The maximum atomic E-state index is 2.39. The van der Waals surface area contributed by atoms with Crippen molar-refractivity contribution in [3.8, 4) is 27.9 Å². The van der Waals surface area contributed by atoms with E-state index < -0.39 is 0 Å². The molecule has 2 heteroatoms. The molecule has 0 aliphatic carbocycles. The highest BCUT2D eigenvalue weighted by atomic mass is 32.2. The fraction of sp³-hybridized carbons (Fsp3) is 0.0811. The lowest BCUT2D eigenvalue weighted by Crippen LogP contribution is -1.94. The summed E-state index contributed by atoms with van der Waals surface area (Å²) in [5.74, 6) is 0. The third kappa shape index (κ3) is 4.51. The maximum absolute atomic E-state index is 2.39. The Balaban J connectivity index is 1.33. The Morgan fingerprint density at radius 3 is 2.18 bits per heavy atom. The average Bonchev–Trinajstić information content (AvgIpc) is 3.35. The van der Waals surface area contributed by atoms with Gasteiger partial charge in [-0.15, -0.1) is 11.8 Å². The van der Waals surface area contributed by atoms with Gasteiger partial charge in [-0.25, -0.2) is 0 Å². The summed E-state index contributed by atoms with van der Waals surface area (Å²) in [7, 11) is 0. The van der Waals surface area contributed by atoms with Gasteiger partial charge in [-0.3, -0.25) is 0 Å². The number of aromatic nitrogens is 1. The molecule has 1 aliphatic heterocycles. The van der Waals surface area contributed by atoms with E-state index in [-0.39, 0.29) is 0 Å². The van der Waals surface area contributed by atoms with E-state index in [9.17, 15) is 0 Å². The minimum atomic E-state index is 0.440. The normalized spacial score (nSPS) is 16.8. The number of hydrogen-bond acceptors (Lipinski definition) is 1. The van der Waals surface area contributed by atoms with Gasteiger partial charge in [-0.2, -0.15) is 0 Å². The Kier molecular flexibility index (Phi) is 6.19. The molecule has 0 saturated carbocycles. The molecule has 0 N–H and O–H groups in total. The summed E-state index contributed by atoms with van der Waals surface area (Å²) in [5, 5.41) is 3.00. The van der Waals surface area contributed by atoms with Crippen molar-refractivity contribution >= 4 is 33.6 Å². The fourth-order valence-electron chi connectivity index (χ4n) is 5.61. The predicted molar refractivity (Wildman–Crippen MR) is 169 cm³/mol. The molecule has 0 spiro atoms. The van der Waals surface area contributed by atoms with Crippen LogP contribution in [0.2, 0.25) is 0 Å². The third-order valence-corrected chi connectivity index (χ3v) is 8.75. The first kappa shape index (κ1) is 23.8. The number of fused-ring (bicyclic) bond motifs is 4. The number of nitrogens with zero attached hydrogens (tertiary/aromatic N) is 1. The Morgan fingerprint density at radius 1 is 0.615 bits per heavy atom. The topological polar surface area (TPSA) is 4.93 Å². The molecule has 0 bridgehead atoms. The van der Waals surface area contributed by atoms with Crippen molar-refractivity contribution in [2.45, 2.75) is 23.5 Å². The van der Waals surface area contributed by atoms with Gasteiger partial charge in [0.25, 0.3) is 0 Å². The number of hydrogen-bond donors (Lipinski definition) is 0. The van der Waals surface area contributed by atoms with Crippen LogP contribution in [-0.2, 0) is 6.42 Å². The first-order valence-electron chi connectivity index (χ1n) is 13.6. The molecule has 0 amide bonds. The molecular weight excluding hydrogens is 490 g/mol. The SMILES string of the molecule is CC1/C=C\C=C/Cc2ccc(-c3ccc4c(c3)c3ccccc3n4-c3ccc(-c4ccccc4)cc3)cc2S1. The standard InChI is InChI=1S/C37H29NS/c1-26-10-4-2-7-13-29-16-17-31(25-37(29)39-26)30-20-23-36-34(24-30)33-14-8-9-15-35(33)38(36)32-21-18-28(19-22-32)27-11-5-3-6-12-27/h2-12,14-26H,13H2,1H3/b7-2-,10-4-. The van der Waals surface area contributed by atoms with E-state index in [1.165, 1.54) is 60.2 Å². The summed E-state index contributed by atoms with van der Waals surface area (Å²) in [4.78, 5) is 1.37. The van der Waals surface area contributed by atoms with Gasteiger partial charge in [-0.05, 0) is 77.6 Å². The highest BCUT2D eigenvalue weighted by Crippen LogP contribution is 2.37. The second kappa shape index (κ2) is 10.1. The van der Waals surface area contributed by atoms with Crippen molar-refractivity contribution in [2.75, 3.05) is 0 Å². The zero-order chi connectivity index (χ0) is 26.2. The van der Waals surface area contributed by atoms with Crippen LogP contribution in [0.4, 0.5) is 0 Å². The quantitative estimate of drug-likeness (QED) is 0.225. The van der Waals surface area contributed by atoms with Crippen molar-refractivity contribution in [2.24, 2.45) is 0 Å². The van der Waals surface area contributed by atoms with Crippen LogP contribution in [0, 0.1) is 0 Å². The molecule has 1 unspecified atom stereocenters. The van der Waals surface area contributed by atoms with Crippen LogP contribution in [0.5, 0.6) is 0 Å². The maximum Gasteiger partial charge on any atom is 0.0541 e. The molecule has 1 nitrogen and oxygen atoms in total. The Hall–Kier alpha value is -4.27. The summed E-state index contributed by atoms with van der Waals surface area (Å²) in [6.45, 7) is 2.27. The average molecular weight is 520 g/mol. The molecule has 188 valence electrons. The van der Waals surface area contributed by atoms with E-state index >= 15 is 0 Å². The monoisotopic (exact) mass is 519 g/mol. The molecule has 39 heavy (non-hydrogen) atoms. The van der Waals surface area contributed by atoms with Gasteiger partial charge < -0.3 is 4.57 Å². The fourth-order valence-corrected chi connectivity index (χ4v) is 6.68. The van der Waals surface area contributed by atoms with Gasteiger partial charge >= 0.3 is 0 Å². The smallest absolute Gasteiger partial charge is 0.0541 e. The van der Waals surface area contributed by atoms with E-state index in [1.54, 1.807) is 0 Å². The van der Waals surface area contributed by atoms with E-state index in [4.69, 9.17) is 0 Å². The lowest BCUT2D eigenvalue weighted by atomic mass is 10.0. The Labute approximate surface area is 234 Å². The zero-order valence-electron chi connectivity index (χ0n) is 21.9. The first-order chi connectivity index (χ1) is 19.2. The van der Waals surface area contributed by atoms with Gasteiger partial charge in [0.15, 0.2) is 0 Å². The van der Waals surface area contributed by atoms with Crippen LogP contribution < -0.4 is 0 Å². The summed E-state index contributed by atoms with van der Waals surface area (Å²) in [5.41, 5.74) is 10.0. The molecular formula is C37H29NS. The minimum absolute atomic E-state index is 0.440. The van der Waals surface area contributed by atoms with Crippen molar-refractivity contribution < 1.29 is 0 Å². The largest absolute Gasteiger partial charge is 0.309 e. The molecule has 1 aromatic heterocycles. The van der Waals surface area contributed by atoms with Gasteiger partial charge in [0.05, 0.1) is 11.0 Å². The number of rotatable bonds is 3. The van der Waals surface area contributed by atoms with Crippen LogP contribution >= 0.6 is 11.8 Å². The highest BCUT2D eigenvalue weighted by molar-refractivity contribution is 8.00. The van der Waals surface area contributed by atoms with E-state index in [0.717, 1.165) is 6.42 Å². The van der Waals surface area contributed by atoms with Crippen molar-refractivity contribution in [1.29, 1.82) is 0 Å². The molecule has 0 fully saturated rings. The van der Waals surface area contributed by atoms with Crippen molar-refractivity contribution in [1.82, 2.24) is 4.57 Å². The molecule has 0 saturated heterocycles. The van der Waals surface area contributed by atoms with Gasteiger partial charge in [0, 0.05) is 26.6 Å². The molecule has 7 rings (SSSR count).